The second kappa shape index (κ2) is 11.6. The van der Waals surface area contributed by atoms with Crippen molar-refractivity contribution >= 4 is 23.2 Å². The molecule has 2 aromatic heterocycles. The van der Waals surface area contributed by atoms with Gasteiger partial charge in [0.25, 0.3) is 11.8 Å². The Balaban J connectivity index is 1.42. The smallest absolute Gasteiger partial charge is 0.271 e. The molecule has 6 nitrogen and oxygen atoms in total. The third-order valence-electron chi connectivity index (χ3n) is 5.55. The first-order valence-corrected chi connectivity index (χ1v) is 12.4. The fraction of sp³-hybridized carbons (Fsp3) is 0.222. The number of carbonyl (C=O) groups is 2. The lowest BCUT2D eigenvalue weighted by molar-refractivity contribution is 0.0734. The summed E-state index contributed by atoms with van der Waals surface area (Å²) in [5.41, 5.74) is 2.39. The van der Waals surface area contributed by atoms with Crippen LogP contribution in [0.1, 0.15) is 50.5 Å². The largest absolute Gasteiger partial charge is 0.347 e. The number of hydrogen-bond donors (Lipinski definition) is 1. The molecule has 0 fully saturated rings. The maximum absolute atomic E-state index is 14.2. The molecule has 0 spiro atoms. The van der Waals surface area contributed by atoms with Gasteiger partial charge < -0.3 is 14.8 Å². The fourth-order valence-electron chi connectivity index (χ4n) is 3.77. The van der Waals surface area contributed by atoms with E-state index in [4.69, 9.17) is 0 Å². The van der Waals surface area contributed by atoms with Gasteiger partial charge >= 0.3 is 0 Å². The zero-order valence-electron chi connectivity index (χ0n) is 19.5. The Morgan fingerprint density at radius 2 is 1.83 bits per heavy atom. The Morgan fingerprint density at radius 1 is 1.06 bits per heavy atom. The third-order valence-corrected chi connectivity index (χ3v) is 6.38. The summed E-state index contributed by atoms with van der Waals surface area (Å²) in [6, 6.07) is 19.6. The molecule has 0 aliphatic rings. The van der Waals surface area contributed by atoms with Crippen molar-refractivity contribution in [3.63, 3.8) is 0 Å². The molecule has 0 bridgehead atoms. The Bertz CT molecular complexity index is 1290. The number of carbonyl (C=O) groups excluding carboxylic acids is 2. The van der Waals surface area contributed by atoms with Crippen LogP contribution in [0.4, 0.5) is 4.39 Å². The van der Waals surface area contributed by atoms with Gasteiger partial charge in [-0.1, -0.05) is 49.4 Å². The first-order valence-electron chi connectivity index (χ1n) is 11.5. The number of hydrogen-bond acceptors (Lipinski definition) is 4. The summed E-state index contributed by atoms with van der Waals surface area (Å²) in [6.45, 7) is 3.77. The van der Waals surface area contributed by atoms with Crippen LogP contribution in [0.3, 0.4) is 0 Å². The van der Waals surface area contributed by atoms with Crippen molar-refractivity contribution in [1.82, 2.24) is 19.8 Å². The zero-order chi connectivity index (χ0) is 24.6. The van der Waals surface area contributed by atoms with Crippen LogP contribution in [-0.2, 0) is 19.6 Å². The average molecular weight is 491 g/mol. The quantitative estimate of drug-likeness (QED) is 0.336. The number of halogens is 1. The van der Waals surface area contributed by atoms with E-state index in [0.717, 1.165) is 22.7 Å². The number of nitrogens with one attached hydrogen (secondary N) is 1. The van der Waals surface area contributed by atoms with Crippen LogP contribution in [-0.4, -0.2) is 32.8 Å². The maximum atomic E-state index is 14.2. The molecule has 1 N–H and O–H groups in total. The second-order valence-electron chi connectivity index (χ2n) is 8.13. The lowest BCUT2D eigenvalue weighted by atomic mass is 10.1. The molecule has 35 heavy (non-hydrogen) atoms. The number of thiazole rings is 1. The molecule has 2 aromatic carbocycles. The van der Waals surface area contributed by atoms with Gasteiger partial charge in [0.15, 0.2) is 0 Å². The van der Waals surface area contributed by atoms with Crippen molar-refractivity contribution in [2.24, 2.45) is 0 Å². The van der Waals surface area contributed by atoms with Crippen LogP contribution in [0.25, 0.3) is 0 Å². The van der Waals surface area contributed by atoms with E-state index in [1.54, 1.807) is 22.4 Å². The minimum atomic E-state index is -0.519. The second-order valence-corrected chi connectivity index (χ2v) is 9.07. The van der Waals surface area contributed by atoms with Gasteiger partial charge in [0.1, 0.15) is 16.5 Å². The van der Waals surface area contributed by atoms with Crippen LogP contribution < -0.4 is 5.32 Å². The number of aromatic nitrogens is 2. The summed E-state index contributed by atoms with van der Waals surface area (Å²) in [5.74, 6) is -1.06. The molecule has 0 aliphatic carbocycles. The van der Waals surface area contributed by atoms with Gasteiger partial charge in [-0.2, -0.15) is 0 Å². The lowest BCUT2D eigenvalue weighted by Crippen LogP contribution is -2.32. The number of benzene rings is 2. The van der Waals surface area contributed by atoms with Crippen molar-refractivity contribution in [3.05, 3.63) is 112 Å². The van der Waals surface area contributed by atoms with Crippen LogP contribution in [0.2, 0.25) is 0 Å². The summed E-state index contributed by atoms with van der Waals surface area (Å²) >= 11 is 1.42. The molecule has 0 saturated carbocycles. The molecule has 4 aromatic rings. The number of amides is 2. The molecule has 2 heterocycles. The summed E-state index contributed by atoms with van der Waals surface area (Å²) < 4.78 is 16.2. The maximum Gasteiger partial charge on any atom is 0.271 e. The predicted octanol–water partition coefficient (Wildman–Crippen LogP) is 5.11. The van der Waals surface area contributed by atoms with Crippen molar-refractivity contribution in [2.75, 3.05) is 6.54 Å². The monoisotopic (exact) mass is 490 g/mol. The van der Waals surface area contributed by atoms with Gasteiger partial charge in [-0.15, -0.1) is 11.3 Å². The Morgan fingerprint density at radius 3 is 2.60 bits per heavy atom. The van der Waals surface area contributed by atoms with Gasteiger partial charge in [0.2, 0.25) is 0 Å². The van der Waals surface area contributed by atoms with Gasteiger partial charge in [-0.05, 0) is 36.2 Å². The average Bonchev–Trinajstić information content (AvgIpc) is 3.53. The predicted molar refractivity (Wildman–Crippen MR) is 135 cm³/mol. The molecular weight excluding hydrogens is 463 g/mol. The van der Waals surface area contributed by atoms with Crippen molar-refractivity contribution < 1.29 is 14.0 Å². The van der Waals surface area contributed by atoms with Crippen LogP contribution in [0.5, 0.6) is 0 Å². The Labute approximate surface area is 208 Å². The standard InChI is InChI=1S/C27H27FN4O2S/c1-2-14-32(27(34)22-12-6-7-13-23(22)28)17-21-11-8-15-31(21)18-25-30-24(19-35-25)26(33)29-16-20-9-4-3-5-10-20/h3-13,15,19H,2,14,16-18H2,1H3,(H,29,33). The van der Waals surface area contributed by atoms with E-state index >= 15 is 0 Å². The highest BCUT2D eigenvalue weighted by molar-refractivity contribution is 7.09. The molecule has 0 saturated heterocycles. The molecule has 0 radical (unpaired) electrons. The molecule has 0 aliphatic heterocycles. The highest BCUT2D eigenvalue weighted by Crippen LogP contribution is 2.17. The Kier molecular flexibility index (Phi) is 8.05. The summed E-state index contributed by atoms with van der Waals surface area (Å²) in [6.07, 6.45) is 2.68. The zero-order valence-corrected chi connectivity index (χ0v) is 20.3. The van der Waals surface area contributed by atoms with Crippen LogP contribution >= 0.6 is 11.3 Å². The van der Waals surface area contributed by atoms with E-state index < -0.39 is 5.82 Å². The van der Waals surface area contributed by atoms with Crippen LogP contribution in [0, 0.1) is 5.82 Å². The lowest BCUT2D eigenvalue weighted by Gasteiger charge is -2.23. The molecule has 2 amide bonds. The van der Waals surface area contributed by atoms with Crippen LogP contribution in [0.15, 0.2) is 78.3 Å². The van der Waals surface area contributed by atoms with E-state index in [1.807, 2.05) is 60.2 Å². The minimum absolute atomic E-state index is 0.0742. The molecule has 180 valence electrons. The van der Waals surface area contributed by atoms with Crippen molar-refractivity contribution in [1.29, 1.82) is 0 Å². The minimum Gasteiger partial charge on any atom is -0.347 e. The summed E-state index contributed by atoms with van der Waals surface area (Å²) in [4.78, 5) is 31.7. The molecule has 0 atom stereocenters. The first kappa shape index (κ1) is 24.3. The molecule has 0 unspecified atom stereocenters. The van der Waals surface area contributed by atoms with Gasteiger partial charge in [0.05, 0.1) is 18.7 Å². The molecular formula is C27H27FN4O2S. The fourth-order valence-corrected chi connectivity index (χ4v) is 4.54. The SMILES string of the molecule is CCCN(Cc1cccn1Cc1nc(C(=O)NCc2ccccc2)cs1)C(=O)c1ccccc1F. The van der Waals surface area contributed by atoms with Crippen molar-refractivity contribution in [3.8, 4) is 0 Å². The van der Waals surface area contributed by atoms with E-state index in [2.05, 4.69) is 10.3 Å². The van der Waals surface area contributed by atoms with Gasteiger partial charge in [-0.25, -0.2) is 9.37 Å². The molecule has 8 heteroatoms. The normalized spacial score (nSPS) is 10.8. The first-order chi connectivity index (χ1) is 17.0. The molecule has 4 rings (SSSR count). The number of rotatable bonds is 10. The Hall–Kier alpha value is -3.78. The summed E-state index contributed by atoms with van der Waals surface area (Å²) in [5, 5.41) is 5.44. The third kappa shape index (κ3) is 6.22. The van der Waals surface area contributed by atoms with Gasteiger partial charge in [0, 0.05) is 30.4 Å². The van der Waals surface area contributed by atoms with Crippen molar-refractivity contribution in [2.45, 2.75) is 33.0 Å². The van der Waals surface area contributed by atoms with E-state index in [9.17, 15) is 14.0 Å². The van der Waals surface area contributed by atoms with E-state index in [-0.39, 0.29) is 17.4 Å². The highest BCUT2D eigenvalue weighted by Gasteiger charge is 2.20. The van der Waals surface area contributed by atoms with E-state index in [0.29, 0.717) is 31.9 Å². The number of nitrogens with zero attached hydrogens (tertiary/aromatic N) is 3. The van der Waals surface area contributed by atoms with E-state index in [1.165, 1.54) is 23.5 Å². The van der Waals surface area contributed by atoms with Gasteiger partial charge in [-0.3, -0.25) is 9.59 Å². The topological polar surface area (TPSA) is 67.2 Å². The summed E-state index contributed by atoms with van der Waals surface area (Å²) in [7, 11) is 0. The highest BCUT2D eigenvalue weighted by atomic mass is 32.1.